The van der Waals surface area contributed by atoms with Gasteiger partial charge in [0, 0.05) is 5.56 Å². The molecule has 28 heavy (non-hydrogen) atoms. The summed E-state index contributed by atoms with van der Waals surface area (Å²) in [7, 11) is 1.62. The number of nitrogen functional groups attached to an aromatic ring is 1. The van der Waals surface area contributed by atoms with Crippen LogP contribution in [0.1, 0.15) is 25.3 Å². The van der Waals surface area contributed by atoms with Gasteiger partial charge in [-0.3, -0.25) is 0 Å². The lowest BCUT2D eigenvalue weighted by molar-refractivity contribution is 0.414. The van der Waals surface area contributed by atoms with E-state index in [2.05, 4.69) is 46.4 Å². The lowest BCUT2D eigenvalue weighted by Gasteiger charge is -2.07. The molecule has 0 aliphatic rings. The second kappa shape index (κ2) is 7.15. The SMILES string of the molecule is COc1ccc(-c2noc(-c3nnn(-c4ccc(C(C)C)cc4)c3N)n2)cc1. The minimum Gasteiger partial charge on any atom is -0.497 e. The zero-order valence-corrected chi connectivity index (χ0v) is 15.8. The van der Waals surface area contributed by atoms with Crippen molar-refractivity contribution >= 4 is 5.82 Å². The van der Waals surface area contributed by atoms with Crippen molar-refractivity contribution in [2.24, 2.45) is 0 Å². The summed E-state index contributed by atoms with van der Waals surface area (Å²) in [5, 5.41) is 12.3. The van der Waals surface area contributed by atoms with E-state index in [0.717, 1.165) is 17.0 Å². The van der Waals surface area contributed by atoms with E-state index in [-0.39, 0.29) is 5.89 Å². The Hall–Kier alpha value is -3.68. The third-order valence-corrected chi connectivity index (χ3v) is 4.49. The van der Waals surface area contributed by atoms with Gasteiger partial charge in [0.25, 0.3) is 5.89 Å². The Morgan fingerprint density at radius 2 is 1.75 bits per heavy atom. The molecule has 2 aromatic carbocycles. The third-order valence-electron chi connectivity index (χ3n) is 4.49. The highest BCUT2D eigenvalue weighted by Crippen LogP contribution is 2.27. The van der Waals surface area contributed by atoms with Crippen LogP contribution in [0.25, 0.3) is 28.7 Å². The van der Waals surface area contributed by atoms with Crippen LogP contribution in [-0.4, -0.2) is 32.2 Å². The lowest BCUT2D eigenvalue weighted by atomic mass is 10.0. The van der Waals surface area contributed by atoms with Crippen LogP contribution in [0, 0.1) is 0 Å². The second-order valence-corrected chi connectivity index (χ2v) is 6.63. The molecule has 0 saturated heterocycles. The first-order chi connectivity index (χ1) is 13.6. The Morgan fingerprint density at radius 1 is 1.04 bits per heavy atom. The molecule has 0 amide bonds. The normalized spacial score (nSPS) is 11.1. The average Bonchev–Trinajstić information content (AvgIpc) is 3.35. The Labute approximate surface area is 161 Å². The van der Waals surface area contributed by atoms with Gasteiger partial charge in [0.2, 0.25) is 5.82 Å². The smallest absolute Gasteiger partial charge is 0.282 e. The zero-order chi connectivity index (χ0) is 19.7. The maximum Gasteiger partial charge on any atom is 0.282 e. The van der Waals surface area contributed by atoms with Crippen LogP contribution >= 0.6 is 0 Å². The summed E-state index contributed by atoms with van der Waals surface area (Å²) in [6.45, 7) is 4.29. The maximum atomic E-state index is 6.24. The topological polar surface area (TPSA) is 105 Å². The number of methoxy groups -OCH3 is 1. The molecule has 0 unspecified atom stereocenters. The van der Waals surface area contributed by atoms with Gasteiger partial charge in [0.05, 0.1) is 12.8 Å². The van der Waals surface area contributed by atoms with Crippen molar-refractivity contribution in [2.45, 2.75) is 19.8 Å². The summed E-state index contributed by atoms with van der Waals surface area (Å²) in [5.74, 6) is 2.19. The highest BCUT2D eigenvalue weighted by molar-refractivity contribution is 5.66. The molecule has 4 rings (SSSR count). The van der Waals surface area contributed by atoms with Crippen LogP contribution in [0.5, 0.6) is 5.75 Å². The molecule has 8 heteroatoms. The van der Waals surface area contributed by atoms with E-state index in [0.29, 0.717) is 23.3 Å². The lowest BCUT2D eigenvalue weighted by Crippen LogP contribution is -2.02. The van der Waals surface area contributed by atoms with Crippen LogP contribution in [0.3, 0.4) is 0 Å². The minimum absolute atomic E-state index is 0.216. The Kier molecular flexibility index (Phi) is 4.52. The van der Waals surface area contributed by atoms with Crippen LogP contribution in [0.2, 0.25) is 0 Å². The molecule has 0 aliphatic carbocycles. The highest BCUT2D eigenvalue weighted by atomic mass is 16.5. The molecule has 0 saturated carbocycles. The van der Waals surface area contributed by atoms with Gasteiger partial charge >= 0.3 is 0 Å². The van der Waals surface area contributed by atoms with E-state index in [1.54, 1.807) is 11.8 Å². The molecule has 2 heterocycles. The molecule has 0 atom stereocenters. The van der Waals surface area contributed by atoms with Crippen molar-refractivity contribution in [1.82, 2.24) is 25.1 Å². The van der Waals surface area contributed by atoms with Crippen LogP contribution < -0.4 is 10.5 Å². The summed E-state index contributed by atoms with van der Waals surface area (Å²) >= 11 is 0. The molecule has 0 fully saturated rings. The first-order valence-corrected chi connectivity index (χ1v) is 8.87. The minimum atomic E-state index is 0.216. The standard InChI is InChI=1S/C20H20N6O2/c1-12(2)13-4-8-15(9-5-13)26-18(21)17(23-25-26)20-22-19(24-28-20)14-6-10-16(27-3)11-7-14/h4-12H,21H2,1-3H3. The number of nitrogens with zero attached hydrogens (tertiary/aromatic N) is 5. The number of aromatic nitrogens is 5. The van der Waals surface area contributed by atoms with Gasteiger partial charge in [0.15, 0.2) is 11.5 Å². The third kappa shape index (κ3) is 3.20. The molecular weight excluding hydrogens is 356 g/mol. The Bertz CT molecular complexity index is 1080. The van der Waals surface area contributed by atoms with Crippen molar-refractivity contribution in [3.8, 4) is 34.4 Å². The number of benzene rings is 2. The van der Waals surface area contributed by atoms with Gasteiger partial charge in [-0.1, -0.05) is 36.4 Å². The van der Waals surface area contributed by atoms with Gasteiger partial charge < -0.3 is 15.0 Å². The number of anilines is 1. The molecule has 0 radical (unpaired) electrons. The first-order valence-electron chi connectivity index (χ1n) is 8.87. The van der Waals surface area contributed by atoms with Crippen molar-refractivity contribution in [2.75, 3.05) is 12.8 Å². The number of nitrogens with two attached hydrogens (primary N) is 1. The number of ether oxygens (including phenoxy) is 1. The summed E-state index contributed by atoms with van der Waals surface area (Å²) in [5.41, 5.74) is 9.44. The largest absolute Gasteiger partial charge is 0.497 e. The molecule has 2 aromatic heterocycles. The predicted molar refractivity (Wildman–Crippen MR) is 105 cm³/mol. The molecule has 0 spiro atoms. The van der Waals surface area contributed by atoms with Gasteiger partial charge in [0.1, 0.15) is 5.75 Å². The van der Waals surface area contributed by atoms with E-state index in [4.69, 9.17) is 15.0 Å². The fourth-order valence-corrected chi connectivity index (χ4v) is 2.81. The highest BCUT2D eigenvalue weighted by Gasteiger charge is 2.20. The van der Waals surface area contributed by atoms with E-state index in [1.165, 1.54) is 5.56 Å². The van der Waals surface area contributed by atoms with Crippen molar-refractivity contribution in [1.29, 1.82) is 0 Å². The number of hydrogen-bond donors (Lipinski definition) is 1. The quantitative estimate of drug-likeness (QED) is 0.566. The fourth-order valence-electron chi connectivity index (χ4n) is 2.81. The first kappa shape index (κ1) is 17.7. The number of hydrogen-bond acceptors (Lipinski definition) is 7. The molecule has 4 aromatic rings. The second-order valence-electron chi connectivity index (χ2n) is 6.63. The van der Waals surface area contributed by atoms with Crippen LogP contribution in [0.4, 0.5) is 5.82 Å². The molecule has 2 N–H and O–H groups in total. The summed E-state index contributed by atoms with van der Waals surface area (Å²) in [4.78, 5) is 4.40. The van der Waals surface area contributed by atoms with Gasteiger partial charge in [-0.15, -0.1) is 5.10 Å². The van der Waals surface area contributed by atoms with E-state index in [1.807, 2.05) is 36.4 Å². The molecule has 142 valence electrons. The molecule has 8 nitrogen and oxygen atoms in total. The van der Waals surface area contributed by atoms with Crippen LogP contribution in [-0.2, 0) is 0 Å². The monoisotopic (exact) mass is 376 g/mol. The summed E-state index contributed by atoms with van der Waals surface area (Å²) in [6.07, 6.45) is 0. The molecule has 0 aliphatic heterocycles. The summed E-state index contributed by atoms with van der Waals surface area (Å²) in [6, 6.07) is 15.4. The van der Waals surface area contributed by atoms with E-state index in [9.17, 15) is 0 Å². The van der Waals surface area contributed by atoms with Crippen molar-refractivity contribution < 1.29 is 9.26 Å². The van der Waals surface area contributed by atoms with E-state index < -0.39 is 0 Å². The maximum absolute atomic E-state index is 6.24. The van der Waals surface area contributed by atoms with Gasteiger partial charge in [-0.2, -0.15) is 9.67 Å². The Balaban J connectivity index is 1.63. The number of rotatable bonds is 5. The average molecular weight is 376 g/mol. The molecular formula is C20H20N6O2. The molecule has 0 bridgehead atoms. The predicted octanol–water partition coefficient (Wildman–Crippen LogP) is 3.70. The van der Waals surface area contributed by atoms with Gasteiger partial charge in [-0.25, -0.2) is 0 Å². The van der Waals surface area contributed by atoms with Crippen molar-refractivity contribution in [3.63, 3.8) is 0 Å². The van der Waals surface area contributed by atoms with Crippen molar-refractivity contribution in [3.05, 3.63) is 54.1 Å². The summed E-state index contributed by atoms with van der Waals surface area (Å²) < 4.78 is 12.1. The van der Waals surface area contributed by atoms with Gasteiger partial charge in [-0.05, 0) is 47.9 Å². The zero-order valence-electron chi connectivity index (χ0n) is 15.8. The Morgan fingerprint density at radius 3 is 2.39 bits per heavy atom. The van der Waals surface area contributed by atoms with E-state index >= 15 is 0 Å². The fraction of sp³-hybridized carbons (Fsp3) is 0.200. The van der Waals surface area contributed by atoms with Crippen LogP contribution in [0.15, 0.2) is 53.1 Å².